The first kappa shape index (κ1) is 12.6. The highest BCUT2D eigenvalue weighted by atomic mass is 16.5. The molecule has 1 aromatic rings. The Morgan fingerprint density at radius 2 is 2.24 bits per heavy atom. The van der Waals surface area contributed by atoms with E-state index >= 15 is 0 Å². The zero-order chi connectivity index (χ0) is 12.3. The Morgan fingerprint density at radius 3 is 2.88 bits per heavy atom. The molecule has 94 valence electrons. The van der Waals surface area contributed by atoms with Gasteiger partial charge in [0.25, 0.3) is 0 Å². The highest BCUT2D eigenvalue weighted by molar-refractivity contribution is 5.27. The van der Waals surface area contributed by atoms with Crippen LogP contribution in [0.15, 0.2) is 24.3 Å². The van der Waals surface area contributed by atoms with Crippen molar-refractivity contribution in [3.8, 4) is 0 Å². The van der Waals surface area contributed by atoms with Crippen LogP contribution in [0.2, 0.25) is 0 Å². The van der Waals surface area contributed by atoms with Crippen molar-refractivity contribution >= 4 is 0 Å². The second-order valence-corrected chi connectivity index (χ2v) is 5.42. The monoisotopic (exact) mass is 233 g/mol. The van der Waals surface area contributed by atoms with Gasteiger partial charge in [0, 0.05) is 6.61 Å². The molecule has 0 spiro atoms. The van der Waals surface area contributed by atoms with Gasteiger partial charge in [0.05, 0.1) is 12.1 Å². The summed E-state index contributed by atoms with van der Waals surface area (Å²) in [6.07, 6.45) is 3.57. The lowest BCUT2D eigenvalue weighted by molar-refractivity contribution is 0.0900. The molecule has 0 aliphatic carbocycles. The van der Waals surface area contributed by atoms with Crippen LogP contribution in [-0.2, 0) is 11.2 Å². The number of nitrogens with two attached hydrogens (primary N) is 1. The maximum atomic E-state index is 6.27. The summed E-state index contributed by atoms with van der Waals surface area (Å²) < 4.78 is 5.67. The van der Waals surface area contributed by atoms with E-state index in [1.165, 1.54) is 11.1 Å². The van der Waals surface area contributed by atoms with Gasteiger partial charge in [-0.25, -0.2) is 0 Å². The van der Waals surface area contributed by atoms with Crippen molar-refractivity contribution in [1.82, 2.24) is 0 Å². The topological polar surface area (TPSA) is 35.2 Å². The molecule has 1 saturated heterocycles. The fourth-order valence-electron chi connectivity index (χ4n) is 2.50. The third kappa shape index (κ3) is 3.30. The zero-order valence-corrected chi connectivity index (χ0v) is 10.9. The smallest absolute Gasteiger partial charge is 0.0768 e. The van der Waals surface area contributed by atoms with Crippen LogP contribution in [-0.4, -0.2) is 12.7 Å². The normalized spacial score (nSPS) is 22.0. The fraction of sp³-hybridized carbons (Fsp3) is 0.600. The first-order valence-electron chi connectivity index (χ1n) is 6.63. The van der Waals surface area contributed by atoms with Crippen molar-refractivity contribution in [3.63, 3.8) is 0 Å². The first-order valence-corrected chi connectivity index (χ1v) is 6.63. The van der Waals surface area contributed by atoms with E-state index in [0.29, 0.717) is 5.92 Å². The third-order valence-electron chi connectivity index (χ3n) is 3.35. The lowest BCUT2D eigenvalue weighted by atomic mass is 9.95. The Morgan fingerprint density at radius 1 is 1.41 bits per heavy atom. The molecule has 17 heavy (non-hydrogen) atoms. The molecule has 1 aliphatic rings. The molecule has 2 N–H and O–H groups in total. The number of hydrogen-bond donors (Lipinski definition) is 1. The second-order valence-electron chi connectivity index (χ2n) is 5.42. The summed E-state index contributed by atoms with van der Waals surface area (Å²) in [5.41, 5.74) is 8.87. The average Bonchev–Trinajstić information content (AvgIpc) is 2.81. The van der Waals surface area contributed by atoms with Crippen molar-refractivity contribution in [3.05, 3.63) is 35.4 Å². The highest BCUT2D eigenvalue weighted by Gasteiger charge is 2.24. The molecule has 1 fully saturated rings. The standard InChI is InChI=1S/C15H23NO/c1-11(2)9-12-5-3-6-13(10-12)15(16)14-7-4-8-17-14/h3,5-6,10-11,14-15H,4,7-9,16H2,1-2H3. The Kier molecular flexibility index (Phi) is 4.19. The van der Waals surface area contributed by atoms with Crippen LogP contribution in [0.4, 0.5) is 0 Å². The van der Waals surface area contributed by atoms with Gasteiger partial charge < -0.3 is 10.5 Å². The molecule has 0 saturated carbocycles. The molecule has 2 heteroatoms. The van der Waals surface area contributed by atoms with E-state index in [1.54, 1.807) is 0 Å². The summed E-state index contributed by atoms with van der Waals surface area (Å²) in [6, 6.07) is 8.69. The van der Waals surface area contributed by atoms with E-state index < -0.39 is 0 Å². The molecule has 1 aliphatic heterocycles. The molecule has 2 atom stereocenters. The van der Waals surface area contributed by atoms with E-state index in [-0.39, 0.29) is 12.1 Å². The Balaban J connectivity index is 2.09. The van der Waals surface area contributed by atoms with Gasteiger partial charge in [-0.1, -0.05) is 38.1 Å². The summed E-state index contributed by atoms with van der Waals surface area (Å²) in [5.74, 6) is 0.684. The molecule has 2 unspecified atom stereocenters. The zero-order valence-electron chi connectivity index (χ0n) is 10.9. The average molecular weight is 233 g/mol. The molecule has 0 radical (unpaired) electrons. The summed E-state index contributed by atoms with van der Waals surface area (Å²) >= 11 is 0. The van der Waals surface area contributed by atoms with E-state index in [2.05, 4.69) is 38.1 Å². The van der Waals surface area contributed by atoms with Crippen molar-refractivity contribution in [2.24, 2.45) is 11.7 Å². The molecule has 1 aromatic carbocycles. The predicted molar refractivity (Wildman–Crippen MR) is 70.9 cm³/mol. The van der Waals surface area contributed by atoms with Gasteiger partial charge in [-0.2, -0.15) is 0 Å². The van der Waals surface area contributed by atoms with Crippen molar-refractivity contribution in [2.45, 2.75) is 45.3 Å². The maximum absolute atomic E-state index is 6.27. The van der Waals surface area contributed by atoms with Crippen LogP contribution >= 0.6 is 0 Å². The van der Waals surface area contributed by atoms with E-state index in [9.17, 15) is 0 Å². The van der Waals surface area contributed by atoms with Crippen molar-refractivity contribution in [1.29, 1.82) is 0 Å². The number of hydrogen-bond acceptors (Lipinski definition) is 2. The predicted octanol–water partition coefficient (Wildman–Crippen LogP) is 3.06. The summed E-state index contributed by atoms with van der Waals surface area (Å²) in [6.45, 7) is 5.35. The minimum absolute atomic E-state index is 0.0320. The number of ether oxygens (including phenoxy) is 1. The third-order valence-corrected chi connectivity index (χ3v) is 3.35. The molecule has 0 bridgehead atoms. The summed E-state index contributed by atoms with van der Waals surface area (Å²) in [4.78, 5) is 0. The van der Waals surface area contributed by atoms with Crippen molar-refractivity contribution < 1.29 is 4.74 Å². The van der Waals surface area contributed by atoms with Gasteiger partial charge >= 0.3 is 0 Å². The maximum Gasteiger partial charge on any atom is 0.0768 e. The van der Waals surface area contributed by atoms with Gasteiger partial charge in [0.2, 0.25) is 0 Å². The van der Waals surface area contributed by atoms with Gasteiger partial charge in [0.15, 0.2) is 0 Å². The Bertz CT molecular complexity index is 356. The van der Waals surface area contributed by atoms with Crippen LogP contribution in [0.5, 0.6) is 0 Å². The Hall–Kier alpha value is -0.860. The number of rotatable bonds is 4. The SMILES string of the molecule is CC(C)Cc1cccc(C(N)C2CCCO2)c1. The quantitative estimate of drug-likeness (QED) is 0.867. The molecular weight excluding hydrogens is 210 g/mol. The lowest BCUT2D eigenvalue weighted by Gasteiger charge is -2.19. The van der Waals surface area contributed by atoms with Crippen LogP contribution in [0.1, 0.15) is 43.9 Å². The van der Waals surface area contributed by atoms with Gasteiger partial charge in [-0.05, 0) is 36.3 Å². The van der Waals surface area contributed by atoms with Crippen LogP contribution in [0.3, 0.4) is 0 Å². The minimum Gasteiger partial charge on any atom is -0.376 e. The van der Waals surface area contributed by atoms with Crippen LogP contribution in [0.25, 0.3) is 0 Å². The summed E-state index contributed by atoms with van der Waals surface area (Å²) in [7, 11) is 0. The molecular formula is C15H23NO. The fourth-order valence-corrected chi connectivity index (χ4v) is 2.50. The lowest BCUT2D eigenvalue weighted by Crippen LogP contribution is -2.25. The van der Waals surface area contributed by atoms with Crippen LogP contribution in [0, 0.1) is 5.92 Å². The van der Waals surface area contributed by atoms with Crippen LogP contribution < -0.4 is 5.73 Å². The first-order chi connectivity index (χ1) is 8.16. The van der Waals surface area contributed by atoms with E-state index in [1.807, 2.05) is 0 Å². The molecule has 0 amide bonds. The summed E-state index contributed by atoms with van der Waals surface area (Å²) in [5, 5.41) is 0. The molecule has 0 aromatic heterocycles. The van der Waals surface area contributed by atoms with Gasteiger partial charge in [-0.15, -0.1) is 0 Å². The van der Waals surface area contributed by atoms with Gasteiger partial charge in [0.1, 0.15) is 0 Å². The highest BCUT2D eigenvalue weighted by Crippen LogP contribution is 2.25. The Labute approximate surface area is 104 Å². The largest absolute Gasteiger partial charge is 0.376 e. The minimum atomic E-state index is 0.0320. The molecule has 1 heterocycles. The van der Waals surface area contributed by atoms with E-state index in [4.69, 9.17) is 10.5 Å². The van der Waals surface area contributed by atoms with E-state index in [0.717, 1.165) is 25.9 Å². The van der Waals surface area contributed by atoms with Gasteiger partial charge in [-0.3, -0.25) is 0 Å². The molecule has 2 nitrogen and oxygen atoms in total. The van der Waals surface area contributed by atoms with Crippen molar-refractivity contribution in [2.75, 3.05) is 6.61 Å². The molecule has 2 rings (SSSR count). The second kappa shape index (κ2) is 5.65. The number of benzene rings is 1.